The maximum absolute atomic E-state index is 12.7. The molecule has 0 unspecified atom stereocenters. The molecule has 0 bridgehead atoms. The molecule has 25 heavy (non-hydrogen) atoms. The fraction of sp³-hybridized carbons (Fsp3) is 0.263. The van der Waals surface area contributed by atoms with E-state index >= 15 is 0 Å². The number of hydrogen-bond donors (Lipinski definition) is 2. The maximum atomic E-state index is 12.7. The summed E-state index contributed by atoms with van der Waals surface area (Å²) in [7, 11) is 1.62. The lowest BCUT2D eigenvalue weighted by atomic mass is 9.89. The average Bonchev–Trinajstić information content (AvgIpc) is 2.65. The van der Waals surface area contributed by atoms with Crippen molar-refractivity contribution in [1.82, 2.24) is 10.2 Å². The number of fused-ring (bicyclic) bond motifs is 1. The lowest BCUT2D eigenvalue weighted by Gasteiger charge is -2.37. The van der Waals surface area contributed by atoms with E-state index in [0.29, 0.717) is 13.0 Å². The van der Waals surface area contributed by atoms with E-state index in [2.05, 4.69) is 5.32 Å². The molecule has 3 rings (SSSR count). The normalized spacial score (nSPS) is 16.0. The predicted molar refractivity (Wildman–Crippen MR) is 94.0 cm³/mol. The first kappa shape index (κ1) is 16.8. The molecule has 0 aliphatic carbocycles. The van der Waals surface area contributed by atoms with Crippen molar-refractivity contribution in [2.75, 3.05) is 13.7 Å². The van der Waals surface area contributed by atoms with Crippen molar-refractivity contribution in [3.05, 3.63) is 65.2 Å². The molecule has 1 heterocycles. The van der Waals surface area contributed by atoms with Crippen molar-refractivity contribution in [2.45, 2.75) is 19.0 Å². The summed E-state index contributed by atoms with van der Waals surface area (Å²) < 4.78 is 5.29. The van der Waals surface area contributed by atoms with Crippen LogP contribution in [0.25, 0.3) is 0 Å². The maximum Gasteiger partial charge on any atom is 0.312 e. The third kappa shape index (κ3) is 3.74. The van der Waals surface area contributed by atoms with Gasteiger partial charge in [-0.15, -0.1) is 0 Å². The number of benzene rings is 2. The van der Waals surface area contributed by atoms with Gasteiger partial charge in [-0.25, -0.2) is 4.79 Å². The summed E-state index contributed by atoms with van der Waals surface area (Å²) in [5.74, 6) is 0.598. The van der Waals surface area contributed by atoms with Crippen molar-refractivity contribution in [3.8, 4) is 5.75 Å². The SMILES string of the molecule is COc1ccc2c(c1)CN(C(=O)CNC(N)=O)[C@H](c1ccccc1)C2. The van der Waals surface area contributed by atoms with Gasteiger partial charge in [0.25, 0.3) is 0 Å². The zero-order valence-electron chi connectivity index (χ0n) is 14.1. The highest BCUT2D eigenvalue weighted by atomic mass is 16.5. The Morgan fingerprint density at radius 3 is 2.64 bits per heavy atom. The molecule has 0 radical (unpaired) electrons. The number of rotatable bonds is 4. The van der Waals surface area contributed by atoms with E-state index in [0.717, 1.165) is 16.9 Å². The topological polar surface area (TPSA) is 84.7 Å². The Morgan fingerprint density at radius 2 is 1.96 bits per heavy atom. The molecular weight excluding hydrogens is 318 g/mol. The van der Waals surface area contributed by atoms with Crippen molar-refractivity contribution in [3.63, 3.8) is 0 Å². The molecule has 0 fully saturated rings. The van der Waals surface area contributed by atoms with Crippen LogP contribution in [0.2, 0.25) is 0 Å². The van der Waals surface area contributed by atoms with Gasteiger partial charge < -0.3 is 20.7 Å². The second-order valence-electron chi connectivity index (χ2n) is 6.00. The Morgan fingerprint density at radius 1 is 1.20 bits per heavy atom. The molecule has 0 saturated heterocycles. The molecule has 1 atom stereocenters. The van der Waals surface area contributed by atoms with Crippen LogP contribution in [-0.4, -0.2) is 30.5 Å². The fourth-order valence-electron chi connectivity index (χ4n) is 3.19. The van der Waals surface area contributed by atoms with Crippen molar-refractivity contribution in [1.29, 1.82) is 0 Å². The summed E-state index contributed by atoms with van der Waals surface area (Å²) in [5, 5.41) is 2.38. The van der Waals surface area contributed by atoms with E-state index in [1.807, 2.05) is 48.5 Å². The van der Waals surface area contributed by atoms with Crippen LogP contribution in [0, 0.1) is 0 Å². The summed E-state index contributed by atoms with van der Waals surface area (Å²) in [6.07, 6.45) is 0.714. The molecule has 0 aromatic heterocycles. The van der Waals surface area contributed by atoms with Crippen LogP contribution in [0.5, 0.6) is 5.75 Å². The highest BCUT2D eigenvalue weighted by molar-refractivity contribution is 5.84. The molecule has 0 spiro atoms. The molecule has 2 aromatic carbocycles. The minimum atomic E-state index is -0.705. The number of amides is 3. The number of nitrogens with zero attached hydrogens (tertiary/aromatic N) is 1. The lowest BCUT2D eigenvalue weighted by molar-refractivity contribution is -0.133. The Kier molecular flexibility index (Phi) is 4.88. The average molecular weight is 339 g/mol. The van der Waals surface area contributed by atoms with Gasteiger partial charge in [-0.05, 0) is 35.2 Å². The number of ether oxygens (including phenoxy) is 1. The van der Waals surface area contributed by atoms with Crippen LogP contribution in [0.4, 0.5) is 4.79 Å². The smallest absolute Gasteiger partial charge is 0.312 e. The predicted octanol–water partition coefficient (Wildman–Crippen LogP) is 1.99. The first-order valence-corrected chi connectivity index (χ1v) is 8.12. The van der Waals surface area contributed by atoms with Gasteiger partial charge in [0.2, 0.25) is 5.91 Å². The number of nitrogens with two attached hydrogens (primary N) is 1. The highest BCUT2D eigenvalue weighted by Gasteiger charge is 2.31. The first-order valence-electron chi connectivity index (χ1n) is 8.12. The van der Waals surface area contributed by atoms with Gasteiger partial charge in [0.1, 0.15) is 5.75 Å². The number of primary amides is 1. The van der Waals surface area contributed by atoms with E-state index in [4.69, 9.17) is 10.5 Å². The number of carbonyl (C=O) groups is 2. The van der Waals surface area contributed by atoms with E-state index < -0.39 is 6.03 Å². The second kappa shape index (κ2) is 7.25. The Balaban J connectivity index is 1.92. The summed E-state index contributed by atoms with van der Waals surface area (Å²) in [6.45, 7) is 0.351. The summed E-state index contributed by atoms with van der Waals surface area (Å²) in [5.41, 5.74) is 8.41. The van der Waals surface area contributed by atoms with E-state index in [1.54, 1.807) is 12.0 Å². The van der Waals surface area contributed by atoms with Crippen LogP contribution >= 0.6 is 0 Å². The molecular formula is C19H21N3O3. The largest absolute Gasteiger partial charge is 0.497 e. The minimum absolute atomic E-state index is 0.0794. The minimum Gasteiger partial charge on any atom is -0.497 e. The monoisotopic (exact) mass is 339 g/mol. The number of hydrogen-bond acceptors (Lipinski definition) is 3. The van der Waals surface area contributed by atoms with Crippen LogP contribution < -0.4 is 15.8 Å². The van der Waals surface area contributed by atoms with Gasteiger partial charge in [-0.3, -0.25) is 4.79 Å². The van der Waals surface area contributed by atoms with E-state index in [-0.39, 0.29) is 18.5 Å². The van der Waals surface area contributed by atoms with Gasteiger partial charge in [0.15, 0.2) is 0 Å². The van der Waals surface area contributed by atoms with E-state index in [9.17, 15) is 9.59 Å². The molecule has 3 amide bonds. The van der Waals surface area contributed by atoms with Crippen LogP contribution in [0.3, 0.4) is 0 Å². The number of methoxy groups -OCH3 is 1. The third-order valence-electron chi connectivity index (χ3n) is 4.46. The lowest BCUT2D eigenvalue weighted by Crippen LogP contribution is -2.45. The Bertz CT molecular complexity index is 777. The highest BCUT2D eigenvalue weighted by Crippen LogP contribution is 2.34. The fourth-order valence-corrected chi connectivity index (χ4v) is 3.19. The standard InChI is InChI=1S/C19H21N3O3/c1-25-16-8-7-14-10-17(13-5-3-2-4-6-13)22(12-15(14)9-16)18(23)11-21-19(20)24/h2-9,17H,10-12H2,1H3,(H3,20,21,24)/t17-/m0/s1. The Hall–Kier alpha value is -3.02. The molecule has 6 heteroatoms. The zero-order chi connectivity index (χ0) is 17.8. The van der Waals surface area contributed by atoms with Crippen molar-refractivity contribution < 1.29 is 14.3 Å². The summed E-state index contributed by atoms with van der Waals surface area (Å²) in [6, 6.07) is 15.1. The van der Waals surface area contributed by atoms with Crippen molar-refractivity contribution in [2.24, 2.45) is 5.73 Å². The number of urea groups is 1. The molecule has 6 nitrogen and oxygen atoms in total. The van der Waals surface area contributed by atoms with Gasteiger partial charge in [-0.2, -0.15) is 0 Å². The molecule has 2 aromatic rings. The van der Waals surface area contributed by atoms with Gasteiger partial charge in [0, 0.05) is 6.54 Å². The molecule has 0 saturated carbocycles. The number of nitrogens with one attached hydrogen (secondary N) is 1. The van der Waals surface area contributed by atoms with Crippen LogP contribution in [-0.2, 0) is 17.8 Å². The molecule has 130 valence electrons. The molecule has 3 N–H and O–H groups in total. The molecule has 1 aliphatic heterocycles. The molecule has 1 aliphatic rings. The summed E-state index contributed by atoms with van der Waals surface area (Å²) in [4.78, 5) is 25.4. The van der Waals surface area contributed by atoms with Gasteiger partial charge in [0.05, 0.1) is 19.7 Å². The quantitative estimate of drug-likeness (QED) is 0.893. The third-order valence-corrected chi connectivity index (χ3v) is 4.46. The first-order chi connectivity index (χ1) is 12.1. The van der Waals surface area contributed by atoms with Crippen LogP contribution in [0.15, 0.2) is 48.5 Å². The Labute approximate surface area is 146 Å². The summed E-state index contributed by atoms with van der Waals surface area (Å²) >= 11 is 0. The second-order valence-corrected chi connectivity index (χ2v) is 6.00. The van der Waals surface area contributed by atoms with Gasteiger partial charge >= 0.3 is 6.03 Å². The number of carbonyl (C=O) groups excluding carboxylic acids is 2. The van der Waals surface area contributed by atoms with Crippen LogP contribution in [0.1, 0.15) is 22.7 Å². The van der Waals surface area contributed by atoms with E-state index in [1.165, 1.54) is 5.56 Å². The van der Waals surface area contributed by atoms with Crippen molar-refractivity contribution >= 4 is 11.9 Å². The zero-order valence-corrected chi connectivity index (χ0v) is 14.1. The van der Waals surface area contributed by atoms with Gasteiger partial charge in [-0.1, -0.05) is 36.4 Å².